The number of hydrogen-bond donors (Lipinski definition) is 2. The molecule has 8 atom stereocenters. The fraction of sp³-hybridized carbons (Fsp3) is 0.730. The predicted molar refractivity (Wildman–Crippen MR) is 173 cm³/mol. The van der Waals surface area contributed by atoms with E-state index < -0.39 is 0 Å². The van der Waals surface area contributed by atoms with Crippen molar-refractivity contribution in [3.8, 4) is 5.75 Å². The smallest absolute Gasteiger partial charge is 0.142 e. The Morgan fingerprint density at radius 3 is 2.54 bits per heavy atom. The Morgan fingerprint density at radius 1 is 0.951 bits per heavy atom. The van der Waals surface area contributed by atoms with Crippen LogP contribution in [-0.2, 0) is 4.74 Å². The summed E-state index contributed by atoms with van der Waals surface area (Å²) in [5.41, 5.74) is 15.6. The lowest BCUT2D eigenvalue weighted by Crippen LogP contribution is -2.51. The Hall–Kier alpha value is -1.94. The Kier molecular flexibility index (Phi) is 9.48. The van der Waals surface area contributed by atoms with E-state index >= 15 is 0 Å². The molecular formula is C37H58N2O2. The van der Waals surface area contributed by atoms with Gasteiger partial charge in [0.25, 0.3) is 0 Å². The van der Waals surface area contributed by atoms with Crippen LogP contribution in [0.2, 0.25) is 0 Å². The van der Waals surface area contributed by atoms with Crippen molar-refractivity contribution in [3.63, 3.8) is 0 Å². The van der Waals surface area contributed by atoms with Gasteiger partial charge in [-0.15, -0.1) is 0 Å². The van der Waals surface area contributed by atoms with Crippen molar-refractivity contribution < 1.29 is 9.47 Å². The molecule has 0 aromatic heterocycles. The quantitative estimate of drug-likeness (QED) is 0.208. The van der Waals surface area contributed by atoms with Gasteiger partial charge in [-0.25, -0.2) is 0 Å². The van der Waals surface area contributed by atoms with Crippen LogP contribution in [0, 0.1) is 46.3 Å². The first kappa shape index (κ1) is 30.5. The molecule has 5 rings (SSSR count). The summed E-state index contributed by atoms with van der Waals surface area (Å²) in [5, 5.41) is 0. The lowest BCUT2D eigenvalue weighted by atomic mass is 9.47. The summed E-state index contributed by atoms with van der Waals surface area (Å²) in [6.45, 7) is 13.8. The van der Waals surface area contributed by atoms with Crippen molar-refractivity contribution in [1.29, 1.82) is 0 Å². The van der Waals surface area contributed by atoms with Crippen LogP contribution in [0.3, 0.4) is 0 Å². The SMILES string of the molecule is CC(C)CCCC(C)C1CCC2C3CC=C4CC(OCC=CCOc5ccc(N)cc5N)CCC4(C)C3CCC12C. The number of ether oxygens (including phenoxy) is 2. The second-order valence-electron chi connectivity index (χ2n) is 15.1. The number of hydrogen-bond acceptors (Lipinski definition) is 4. The minimum Gasteiger partial charge on any atom is -0.487 e. The molecule has 4 N–H and O–H groups in total. The van der Waals surface area contributed by atoms with E-state index in [1.54, 1.807) is 11.6 Å². The van der Waals surface area contributed by atoms with Crippen LogP contribution in [0.15, 0.2) is 42.0 Å². The second kappa shape index (κ2) is 12.7. The number of nitrogens with two attached hydrogens (primary N) is 2. The molecule has 0 bridgehead atoms. The monoisotopic (exact) mass is 562 g/mol. The summed E-state index contributed by atoms with van der Waals surface area (Å²) >= 11 is 0. The van der Waals surface area contributed by atoms with E-state index in [0.717, 1.165) is 41.9 Å². The molecule has 0 heterocycles. The van der Waals surface area contributed by atoms with Gasteiger partial charge in [0, 0.05) is 5.69 Å². The first-order chi connectivity index (χ1) is 19.6. The second-order valence-corrected chi connectivity index (χ2v) is 15.1. The van der Waals surface area contributed by atoms with Crippen LogP contribution in [0.1, 0.15) is 105 Å². The Balaban J connectivity index is 1.12. The molecule has 4 aliphatic rings. The molecular weight excluding hydrogens is 504 g/mol. The van der Waals surface area contributed by atoms with Crippen LogP contribution in [0.4, 0.5) is 11.4 Å². The Labute approximate surface area is 250 Å². The molecule has 4 nitrogen and oxygen atoms in total. The Morgan fingerprint density at radius 2 is 1.76 bits per heavy atom. The highest BCUT2D eigenvalue weighted by molar-refractivity contribution is 5.60. The van der Waals surface area contributed by atoms with Gasteiger partial charge in [-0.2, -0.15) is 0 Å². The van der Waals surface area contributed by atoms with Gasteiger partial charge in [0.15, 0.2) is 0 Å². The molecule has 0 radical (unpaired) electrons. The van der Waals surface area contributed by atoms with Crippen molar-refractivity contribution in [3.05, 3.63) is 42.0 Å². The van der Waals surface area contributed by atoms with E-state index in [2.05, 4.69) is 46.8 Å². The Bertz CT molecular complexity index is 1090. The molecule has 8 unspecified atom stereocenters. The predicted octanol–water partition coefficient (Wildman–Crippen LogP) is 9.21. The van der Waals surface area contributed by atoms with Gasteiger partial charge >= 0.3 is 0 Å². The summed E-state index contributed by atoms with van der Waals surface area (Å²) < 4.78 is 12.1. The highest BCUT2D eigenvalue weighted by Gasteiger charge is 2.59. The van der Waals surface area contributed by atoms with E-state index in [0.29, 0.717) is 47.3 Å². The number of rotatable bonds is 11. The topological polar surface area (TPSA) is 70.5 Å². The molecule has 4 heteroatoms. The van der Waals surface area contributed by atoms with E-state index in [1.807, 2.05) is 18.2 Å². The molecule has 41 heavy (non-hydrogen) atoms. The first-order valence-corrected chi connectivity index (χ1v) is 16.9. The molecule has 3 fully saturated rings. The van der Waals surface area contributed by atoms with Gasteiger partial charge in [-0.1, -0.05) is 71.6 Å². The molecule has 228 valence electrons. The molecule has 0 amide bonds. The van der Waals surface area contributed by atoms with Gasteiger partial charge < -0.3 is 20.9 Å². The first-order valence-electron chi connectivity index (χ1n) is 16.9. The van der Waals surface area contributed by atoms with E-state index in [-0.39, 0.29) is 0 Å². The van der Waals surface area contributed by atoms with Crippen LogP contribution >= 0.6 is 0 Å². The third-order valence-corrected chi connectivity index (χ3v) is 12.2. The summed E-state index contributed by atoms with van der Waals surface area (Å²) in [7, 11) is 0. The van der Waals surface area contributed by atoms with Crippen LogP contribution in [0.5, 0.6) is 5.75 Å². The summed E-state index contributed by atoms with van der Waals surface area (Å²) in [5.74, 6) is 6.02. The maximum absolute atomic E-state index is 6.35. The van der Waals surface area contributed by atoms with Crippen molar-refractivity contribution in [2.75, 3.05) is 24.7 Å². The standard InChI is InChI=1S/C37H58N2O2/c1-25(2)9-8-10-26(3)31-14-15-32-30-13-11-27-23-29(17-19-36(27,4)33(30)18-20-37(31,32)5)40-21-6-7-22-41-35-16-12-28(38)24-34(35)39/h6-7,11-12,16,24-26,29-33H,8-10,13-15,17-23,38-39H2,1-5H3. The largest absolute Gasteiger partial charge is 0.487 e. The van der Waals surface area contributed by atoms with Crippen LogP contribution < -0.4 is 16.2 Å². The number of fused-ring (bicyclic) bond motifs is 5. The van der Waals surface area contributed by atoms with Crippen molar-refractivity contribution >= 4 is 11.4 Å². The zero-order valence-corrected chi connectivity index (χ0v) is 26.7. The minimum atomic E-state index is 0.334. The summed E-state index contributed by atoms with van der Waals surface area (Å²) in [6, 6.07) is 5.36. The fourth-order valence-corrected chi connectivity index (χ4v) is 9.96. The van der Waals surface area contributed by atoms with Crippen LogP contribution in [-0.4, -0.2) is 19.3 Å². The fourth-order valence-electron chi connectivity index (χ4n) is 9.96. The molecule has 0 spiro atoms. The van der Waals surface area contributed by atoms with Crippen molar-refractivity contribution in [2.24, 2.45) is 46.3 Å². The lowest BCUT2D eigenvalue weighted by Gasteiger charge is -2.58. The average molecular weight is 563 g/mol. The molecule has 0 aliphatic heterocycles. The third-order valence-electron chi connectivity index (χ3n) is 12.2. The normalized spacial score (nSPS) is 35.6. The maximum Gasteiger partial charge on any atom is 0.142 e. The van der Waals surface area contributed by atoms with E-state index in [1.165, 1.54) is 64.2 Å². The van der Waals surface area contributed by atoms with E-state index in [9.17, 15) is 0 Å². The highest BCUT2D eigenvalue weighted by Crippen LogP contribution is 2.67. The van der Waals surface area contributed by atoms with Crippen molar-refractivity contribution in [1.82, 2.24) is 0 Å². The average Bonchev–Trinajstić information content (AvgIpc) is 3.28. The van der Waals surface area contributed by atoms with Gasteiger partial charge in [0.05, 0.1) is 18.4 Å². The number of allylic oxidation sites excluding steroid dienone is 1. The molecule has 0 saturated heterocycles. The summed E-state index contributed by atoms with van der Waals surface area (Å²) in [6.07, 6.45) is 22.1. The van der Waals surface area contributed by atoms with Gasteiger partial charge in [0.1, 0.15) is 12.4 Å². The molecule has 1 aromatic carbocycles. The number of nitrogen functional groups attached to an aromatic ring is 2. The number of anilines is 2. The van der Waals surface area contributed by atoms with Gasteiger partial charge in [0.2, 0.25) is 0 Å². The zero-order chi connectivity index (χ0) is 29.2. The highest BCUT2D eigenvalue weighted by atomic mass is 16.5. The van der Waals surface area contributed by atoms with Crippen molar-refractivity contribution in [2.45, 2.75) is 111 Å². The van der Waals surface area contributed by atoms with Gasteiger partial charge in [-0.05, 0) is 122 Å². The summed E-state index contributed by atoms with van der Waals surface area (Å²) in [4.78, 5) is 0. The third kappa shape index (κ3) is 6.38. The molecule has 3 saturated carbocycles. The van der Waals surface area contributed by atoms with Crippen LogP contribution in [0.25, 0.3) is 0 Å². The van der Waals surface area contributed by atoms with E-state index in [4.69, 9.17) is 20.9 Å². The van der Waals surface area contributed by atoms with Gasteiger partial charge in [-0.3, -0.25) is 0 Å². The zero-order valence-electron chi connectivity index (χ0n) is 26.7. The molecule has 4 aliphatic carbocycles. The molecule has 1 aromatic rings. The number of benzene rings is 1. The lowest BCUT2D eigenvalue weighted by molar-refractivity contribution is -0.0621. The minimum absolute atomic E-state index is 0.334. The maximum atomic E-state index is 6.35.